The van der Waals surface area contributed by atoms with Crippen molar-refractivity contribution >= 4 is 23.3 Å². The summed E-state index contributed by atoms with van der Waals surface area (Å²) < 4.78 is 4.99. The quantitative estimate of drug-likeness (QED) is 0.640. The van der Waals surface area contributed by atoms with Crippen LogP contribution in [0.3, 0.4) is 0 Å². The minimum Gasteiger partial charge on any atom is -0.456 e. The predicted molar refractivity (Wildman–Crippen MR) is 119 cm³/mol. The van der Waals surface area contributed by atoms with Gasteiger partial charge in [-0.15, -0.1) is 0 Å². The van der Waals surface area contributed by atoms with Gasteiger partial charge in [-0.25, -0.2) is 0 Å². The Labute approximate surface area is 178 Å². The summed E-state index contributed by atoms with van der Waals surface area (Å²) in [5, 5.41) is 2.77. The lowest BCUT2D eigenvalue weighted by Crippen LogP contribution is -2.45. The van der Waals surface area contributed by atoms with Gasteiger partial charge in [-0.2, -0.15) is 0 Å². The first-order valence-corrected chi connectivity index (χ1v) is 10.7. The van der Waals surface area contributed by atoms with E-state index < -0.39 is 0 Å². The first-order chi connectivity index (χ1) is 14.6. The molecule has 6 nitrogen and oxygen atoms in total. The molecule has 1 aliphatic rings. The molecule has 160 valence electrons. The lowest BCUT2D eigenvalue weighted by atomic mass is 10.2. The third-order valence-corrected chi connectivity index (χ3v) is 5.24. The fraction of sp³-hybridized carbons (Fsp3) is 0.417. The van der Waals surface area contributed by atoms with Gasteiger partial charge in [0.25, 0.3) is 5.91 Å². The van der Waals surface area contributed by atoms with E-state index in [4.69, 9.17) is 4.74 Å². The van der Waals surface area contributed by atoms with Crippen LogP contribution in [0.1, 0.15) is 31.7 Å². The lowest BCUT2D eigenvalue weighted by molar-refractivity contribution is -0.147. The van der Waals surface area contributed by atoms with E-state index in [0.29, 0.717) is 12.1 Å². The number of unbranched alkanes of at least 4 members (excludes halogenated alkanes) is 1. The Balaban J connectivity index is 1.41. The SMILES string of the molecule is CCCCC(=O)OCC(=O)Nc1ccc(N2CCN(Cc3ccccc3)CC2)cc1. The molecule has 1 amide bonds. The number of esters is 1. The van der Waals surface area contributed by atoms with Crippen molar-refractivity contribution < 1.29 is 14.3 Å². The number of hydrogen-bond acceptors (Lipinski definition) is 5. The van der Waals surface area contributed by atoms with Crippen molar-refractivity contribution in [2.45, 2.75) is 32.7 Å². The third-order valence-electron chi connectivity index (χ3n) is 5.24. The van der Waals surface area contributed by atoms with Crippen LogP contribution in [0.25, 0.3) is 0 Å². The van der Waals surface area contributed by atoms with E-state index in [1.54, 1.807) is 0 Å². The Kier molecular flexibility index (Phi) is 8.27. The first kappa shape index (κ1) is 21.8. The van der Waals surface area contributed by atoms with E-state index in [1.165, 1.54) is 5.56 Å². The predicted octanol–water partition coefficient (Wildman–Crippen LogP) is 3.68. The number of nitrogens with one attached hydrogen (secondary N) is 1. The number of piperazine rings is 1. The van der Waals surface area contributed by atoms with Crippen LogP contribution in [0.15, 0.2) is 54.6 Å². The summed E-state index contributed by atoms with van der Waals surface area (Å²) in [4.78, 5) is 28.3. The number of anilines is 2. The Morgan fingerprint density at radius 1 is 0.967 bits per heavy atom. The maximum Gasteiger partial charge on any atom is 0.306 e. The molecule has 0 bridgehead atoms. The van der Waals surface area contributed by atoms with Crippen molar-refractivity contribution in [3.63, 3.8) is 0 Å². The largest absolute Gasteiger partial charge is 0.456 e. The summed E-state index contributed by atoms with van der Waals surface area (Å²) in [6, 6.07) is 18.4. The summed E-state index contributed by atoms with van der Waals surface area (Å²) in [6.45, 7) is 6.76. The topological polar surface area (TPSA) is 61.9 Å². The Bertz CT molecular complexity index is 800. The van der Waals surface area contributed by atoms with Crippen LogP contribution in [-0.2, 0) is 20.9 Å². The molecule has 1 saturated heterocycles. The highest BCUT2D eigenvalue weighted by molar-refractivity contribution is 5.92. The second-order valence-corrected chi connectivity index (χ2v) is 7.61. The second-order valence-electron chi connectivity index (χ2n) is 7.61. The fourth-order valence-corrected chi connectivity index (χ4v) is 3.50. The number of carbonyl (C=O) groups excluding carboxylic acids is 2. The maximum atomic E-state index is 12.0. The molecule has 0 saturated carbocycles. The van der Waals surface area contributed by atoms with Crippen molar-refractivity contribution in [1.29, 1.82) is 0 Å². The molecule has 1 N–H and O–H groups in total. The molecule has 2 aromatic carbocycles. The number of ether oxygens (including phenoxy) is 1. The number of hydrogen-bond donors (Lipinski definition) is 1. The van der Waals surface area contributed by atoms with Crippen LogP contribution in [0, 0.1) is 0 Å². The summed E-state index contributed by atoms with van der Waals surface area (Å²) in [5.74, 6) is -0.643. The van der Waals surface area contributed by atoms with Crippen LogP contribution in [0.4, 0.5) is 11.4 Å². The van der Waals surface area contributed by atoms with Gasteiger partial charge in [0.2, 0.25) is 0 Å². The summed E-state index contributed by atoms with van der Waals surface area (Å²) in [6.07, 6.45) is 2.06. The molecular weight excluding hydrogens is 378 g/mol. The van der Waals surface area contributed by atoms with Gasteiger partial charge >= 0.3 is 5.97 Å². The highest BCUT2D eigenvalue weighted by atomic mass is 16.5. The molecule has 6 heteroatoms. The molecule has 0 aliphatic carbocycles. The van der Waals surface area contributed by atoms with Gasteiger partial charge in [-0.3, -0.25) is 14.5 Å². The minimum atomic E-state index is -0.325. The lowest BCUT2D eigenvalue weighted by Gasteiger charge is -2.36. The molecule has 0 unspecified atom stereocenters. The zero-order valence-electron chi connectivity index (χ0n) is 17.7. The molecular formula is C24H31N3O3. The Morgan fingerprint density at radius 2 is 1.67 bits per heavy atom. The zero-order chi connectivity index (χ0) is 21.2. The van der Waals surface area contributed by atoms with E-state index in [-0.39, 0.29) is 18.5 Å². The highest BCUT2D eigenvalue weighted by Crippen LogP contribution is 2.20. The van der Waals surface area contributed by atoms with Gasteiger partial charge in [0, 0.05) is 50.5 Å². The van der Waals surface area contributed by atoms with Gasteiger partial charge in [0.05, 0.1) is 0 Å². The van der Waals surface area contributed by atoms with Crippen LogP contribution in [-0.4, -0.2) is 49.6 Å². The molecule has 1 fully saturated rings. The Morgan fingerprint density at radius 3 is 2.33 bits per heavy atom. The normalized spacial score (nSPS) is 14.4. The molecule has 3 rings (SSSR count). The van der Waals surface area contributed by atoms with Crippen molar-refractivity contribution in [2.75, 3.05) is 43.0 Å². The Hall–Kier alpha value is -2.86. The first-order valence-electron chi connectivity index (χ1n) is 10.7. The van der Waals surface area contributed by atoms with Crippen molar-refractivity contribution in [1.82, 2.24) is 4.90 Å². The van der Waals surface area contributed by atoms with Gasteiger partial charge in [0.1, 0.15) is 0 Å². The van der Waals surface area contributed by atoms with Crippen LogP contribution in [0.2, 0.25) is 0 Å². The van der Waals surface area contributed by atoms with Crippen LogP contribution in [0.5, 0.6) is 0 Å². The van der Waals surface area contributed by atoms with Gasteiger partial charge in [0.15, 0.2) is 6.61 Å². The molecule has 0 spiro atoms. The molecule has 0 radical (unpaired) electrons. The average molecular weight is 410 g/mol. The van der Waals surface area contributed by atoms with Gasteiger partial charge in [-0.05, 0) is 36.2 Å². The number of carbonyl (C=O) groups is 2. The monoisotopic (exact) mass is 409 g/mol. The van der Waals surface area contributed by atoms with E-state index >= 15 is 0 Å². The van der Waals surface area contributed by atoms with Crippen molar-refractivity contribution in [2.24, 2.45) is 0 Å². The zero-order valence-corrected chi connectivity index (χ0v) is 17.7. The van der Waals surface area contributed by atoms with Crippen LogP contribution >= 0.6 is 0 Å². The number of nitrogens with zero attached hydrogens (tertiary/aromatic N) is 2. The molecule has 0 aromatic heterocycles. The number of benzene rings is 2. The summed E-state index contributed by atoms with van der Waals surface area (Å²) in [5.41, 5.74) is 3.21. The summed E-state index contributed by atoms with van der Waals surface area (Å²) >= 11 is 0. The van der Waals surface area contributed by atoms with Gasteiger partial charge < -0.3 is 15.0 Å². The minimum absolute atomic E-state index is 0.242. The van der Waals surface area contributed by atoms with Crippen molar-refractivity contribution in [3.8, 4) is 0 Å². The highest BCUT2D eigenvalue weighted by Gasteiger charge is 2.17. The van der Waals surface area contributed by atoms with Crippen LogP contribution < -0.4 is 10.2 Å². The maximum absolute atomic E-state index is 12.0. The van der Waals surface area contributed by atoms with Crippen molar-refractivity contribution in [3.05, 3.63) is 60.2 Å². The molecule has 1 aliphatic heterocycles. The fourth-order valence-electron chi connectivity index (χ4n) is 3.50. The van der Waals surface area contributed by atoms with E-state index in [1.807, 2.05) is 37.3 Å². The van der Waals surface area contributed by atoms with E-state index in [2.05, 4.69) is 39.4 Å². The van der Waals surface area contributed by atoms with E-state index in [0.717, 1.165) is 51.3 Å². The average Bonchev–Trinajstić information content (AvgIpc) is 2.78. The molecule has 30 heavy (non-hydrogen) atoms. The smallest absolute Gasteiger partial charge is 0.306 e. The van der Waals surface area contributed by atoms with E-state index in [9.17, 15) is 9.59 Å². The standard InChI is InChI=1S/C24H31N3O3/c1-2-3-9-24(29)30-19-23(28)25-21-10-12-22(13-11-21)27-16-14-26(15-17-27)18-20-7-5-4-6-8-20/h4-8,10-13H,2-3,9,14-19H2,1H3,(H,25,28). The number of rotatable bonds is 9. The second kappa shape index (κ2) is 11.4. The third kappa shape index (κ3) is 6.88. The molecule has 0 atom stereocenters. The molecule has 1 heterocycles. The summed E-state index contributed by atoms with van der Waals surface area (Å²) in [7, 11) is 0. The number of amides is 1. The molecule has 2 aromatic rings. The van der Waals surface area contributed by atoms with Gasteiger partial charge in [-0.1, -0.05) is 43.7 Å².